The number of ether oxygens (including phenoxy) is 2. The first-order chi connectivity index (χ1) is 12.5. The summed E-state index contributed by atoms with van der Waals surface area (Å²) in [7, 11) is 0. The molecule has 3 heterocycles. The molecule has 0 radical (unpaired) electrons. The van der Waals surface area contributed by atoms with Crippen molar-refractivity contribution in [1.82, 2.24) is 9.88 Å². The van der Waals surface area contributed by atoms with Crippen molar-refractivity contribution in [3.8, 4) is 5.88 Å². The molecule has 136 valence electrons. The van der Waals surface area contributed by atoms with E-state index in [1.165, 1.54) is 18.2 Å². The maximum absolute atomic E-state index is 13.3. The topological polar surface area (TPSA) is 51.7 Å². The summed E-state index contributed by atoms with van der Waals surface area (Å²) in [4.78, 5) is 18.4. The number of amides is 1. The maximum Gasteiger partial charge on any atom is 0.254 e. The number of carbonyl (C=O) groups excluding carboxylic acids is 1. The maximum atomic E-state index is 13.3. The predicted octanol–water partition coefficient (Wildman–Crippen LogP) is 3.33. The van der Waals surface area contributed by atoms with Crippen molar-refractivity contribution in [3.63, 3.8) is 0 Å². The fraction of sp³-hybridized carbons (Fsp3) is 0.368. The van der Waals surface area contributed by atoms with Gasteiger partial charge < -0.3 is 14.4 Å². The zero-order chi connectivity index (χ0) is 18.1. The van der Waals surface area contributed by atoms with Gasteiger partial charge in [0, 0.05) is 30.7 Å². The van der Waals surface area contributed by atoms with Gasteiger partial charge in [0.25, 0.3) is 5.91 Å². The summed E-state index contributed by atoms with van der Waals surface area (Å²) >= 11 is 5.77. The van der Waals surface area contributed by atoms with Crippen molar-refractivity contribution in [2.24, 2.45) is 0 Å². The molecule has 0 saturated carbocycles. The highest BCUT2D eigenvalue weighted by Gasteiger charge is 2.50. The number of carbonyl (C=O) groups is 1. The van der Waals surface area contributed by atoms with Crippen LogP contribution in [0, 0.1) is 5.82 Å². The normalized spacial score (nSPS) is 21.3. The number of rotatable bonds is 3. The lowest BCUT2D eigenvalue weighted by Crippen LogP contribution is -2.67. The molecular formula is C19H18ClFN2O3. The van der Waals surface area contributed by atoms with Crippen molar-refractivity contribution < 1.29 is 18.7 Å². The minimum atomic E-state index is -0.534. The molecule has 0 N–H and O–H groups in total. The summed E-state index contributed by atoms with van der Waals surface area (Å²) in [5.41, 5.74) is 0.000302. The van der Waals surface area contributed by atoms with Crippen LogP contribution in [0.15, 0.2) is 42.6 Å². The van der Waals surface area contributed by atoms with Gasteiger partial charge in [0.05, 0.1) is 24.7 Å². The second-order valence-corrected chi connectivity index (χ2v) is 7.13. The smallest absolute Gasteiger partial charge is 0.254 e. The molecule has 4 rings (SSSR count). The standard InChI is InChI=1S/C19H18ClFN2O3/c20-15-9-13(4-5-16(15)21)18(24)23-11-19(12-23)10-14(6-8-25-19)26-17-3-1-2-7-22-17/h1-5,7,9,14H,6,8,10-12H2/t14-/m1/s1. The van der Waals surface area contributed by atoms with Crippen LogP contribution >= 0.6 is 11.6 Å². The zero-order valence-electron chi connectivity index (χ0n) is 14.0. The number of halogens is 2. The van der Waals surface area contributed by atoms with Crippen LogP contribution in [0.1, 0.15) is 23.2 Å². The molecule has 2 aliphatic rings. The van der Waals surface area contributed by atoms with Gasteiger partial charge in [0.2, 0.25) is 5.88 Å². The van der Waals surface area contributed by atoms with Crippen LogP contribution in [0.3, 0.4) is 0 Å². The largest absolute Gasteiger partial charge is 0.474 e. The molecule has 1 atom stereocenters. The van der Waals surface area contributed by atoms with E-state index in [4.69, 9.17) is 21.1 Å². The fourth-order valence-corrected chi connectivity index (χ4v) is 3.68. The van der Waals surface area contributed by atoms with E-state index in [9.17, 15) is 9.18 Å². The van der Waals surface area contributed by atoms with Crippen LogP contribution in [0.5, 0.6) is 5.88 Å². The number of nitrogens with zero attached hydrogens (tertiary/aromatic N) is 2. The Morgan fingerprint density at radius 3 is 2.92 bits per heavy atom. The van der Waals surface area contributed by atoms with E-state index in [1.807, 2.05) is 18.2 Å². The first-order valence-electron chi connectivity index (χ1n) is 8.51. The first kappa shape index (κ1) is 17.2. The molecular weight excluding hydrogens is 359 g/mol. The molecule has 1 amide bonds. The third-order valence-corrected chi connectivity index (χ3v) is 5.07. The quantitative estimate of drug-likeness (QED) is 0.824. The molecule has 0 aliphatic carbocycles. The molecule has 2 aliphatic heterocycles. The Bertz CT molecular complexity index is 812. The number of pyridine rings is 1. The van der Waals surface area contributed by atoms with Crippen LogP contribution in [0.25, 0.3) is 0 Å². The molecule has 1 aromatic carbocycles. The average Bonchev–Trinajstić information content (AvgIpc) is 2.62. The number of hydrogen-bond acceptors (Lipinski definition) is 4. The third-order valence-electron chi connectivity index (χ3n) is 4.78. The highest BCUT2D eigenvalue weighted by atomic mass is 35.5. The molecule has 26 heavy (non-hydrogen) atoms. The Hall–Kier alpha value is -2.18. The molecule has 7 heteroatoms. The molecule has 5 nitrogen and oxygen atoms in total. The van der Waals surface area contributed by atoms with Gasteiger partial charge in [0.15, 0.2) is 0 Å². The molecule has 0 bridgehead atoms. The zero-order valence-corrected chi connectivity index (χ0v) is 14.8. The number of likely N-dealkylation sites (tertiary alicyclic amines) is 1. The highest BCUT2D eigenvalue weighted by Crippen LogP contribution is 2.36. The van der Waals surface area contributed by atoms with Crippen molar-refractivity contribution in [3.05, 3.63) is 59.0 Å². The van der Waals surface area contributed by atoms with Crippen LogP contribution in [0.4, 0.5) is 4.39 Å². The molecule has 2 fully saturated rings. The highest BCUT2D eigenvalue weighted by molar-refractivity contribution is 6.31. The first-order valence-corrected chi connectivity index (χ1v) is 8.88. The van der Waals surface area contributed by atoms with Gasteiger partial charge in [-0.15, -0.1) is 0 Å². The van der Waals surface area contributed by atoms with Gasteiger partial charge in [0.1, 0.15) is 17.5 Å². The molecule has 1 aromatic heterocycles. The van der Waals surface area contributed by atoms with Gasteiger partial charge in [-0.25, -0.2) is 9.37 Å². The third kappa shape index (κ3) is 3.39. The van der Waals surface area contributed by atoms with Crippen LogP contribution in [0.2, 0.25) is 5.02 Å². The lowest BCUT2D eigenvalue weighted by atomic mass is 9.84. The second kappa shape index (κ2) is 6.85. The lowest BCUT2D eigenvalue weighted by molar-refractivity contribution is -0.174. The van der Waals surface area contributed by atoms with E-state index in [1.54, 1.807) is 11.1 Å². The molecule has 0 unspecified atom stereocenters. The number of benzene rings is 1. The van der Waals surface area contributed by atoms with Gasteiger partial charge in [-0.3, -0.25) is 4.79 Å². The SMILES string of the molecule is O=C(c1ccc(F)c(Cl)c1)N1CC2(C[C@H](Oc3ccccn3)CCO2)C1. The van der Waals surface area contributed by atoms with Crippen molar-refractivity contribution in [2.75, 3.05) is 19.7 Å². The van der Waals surface area contributed by atoms with Gasteiger partial charge in [-0.2, -0.15) is 0 Å². The number of aromatic nitrogens is 1. The fourth-order valence-electron chi connectivity index (χ4n) is 3.50. The van der Waals surface area contributed by atoms with E-state index in [-0.39, 0.29) is 22.6 Å². The van der Waals surface area contributed by atoms with Gasteiger partial charge in [-0.05, 0) is 24.3 Å². The van der Waals surface area contributed by atoms with Crippen LogP contribution < -0.4 is 4.74 Å². The predicted molar refractivity (Wildman–Crippen MR) is 93.9 cm³/mol. The Kier molecular flexibility index (Phi) is 4.54. The molecule has 1 spiro atoms. The Morgan fingerprint density at radius 2 is 2.19 bits per heavy atom. The molecule has 2 aromatic rings. The summed E-state index contributed by atoms with van der Waals surface area (Å²) < 4.78 is 25.2. The molecule has 2 saturated heterocycles. The van der Waals surface area contributed by atoms with Gasteiger partial charge >= 0.3 is 0 Å². The van der Waals surface area contributed by atoms with Crippen LogP contribution in [-0.2, 0) is 4.74 Å². The van der Waals surface area contributed by atoms with E-state index >= 15 is 0 Å². The minimum Gasteiger partial charge on any atom is -0.474 e. The lowest BCUT2D eigenvalue weighted by Gasteiger charge is -2.52. The van der Waals surface area contributed by atoms with Crippen molar-refractivity contribution in [2.45, 2.75) is 24.5 Å². The summed E-state index contributed by atoms with van der Waals surface area (Å²) in [6, 6.07) is 9.57. The summed E-state index contributed by atoms with van der Waals surface area (Å²) in [5.74, 6) is -0.106. The van der Waals surface area contributed by atoms with E-state index in [2.05, 4.69) is 4.98 Å². The van der Waals surface area contributed by atoms with E-state index in [0.29, 0.717) is 37.6 Å². The van der Waals surface area contributed by atoms with Crippen LogP contribution in [-0.4, -0.2) is 47.2 Å². The Labute approximate surface area is 155 Å². The number of hydrogen-bond donors (Lipinski definition) is 0. The van der Waals surface area contributed by atoms with Gasteiger partial charge in [-0.1, -0.05) is 17.7 Å². The second-order valence-electron chi connectivity index (χ2n) is 6.72. The Morgan fingerprint density at radius 1 is 1.35 bits per heavy atom. The summed E-state index contributed by atoms with van der Waals surface area (Å²) in [6.07, 6.45) is 3.20. The monoisotopic (exact) mass is 376 g/mol. The van der Waals surface area contributed by atoms with E-state index < -0.39 is 5.82 Å². The summed E-state index contributed by atoms with van der Waals surface area (Å²) in [5, 5.41) is -0.0520. The Balaban J connectivity index is 1.38. The van der Waals surface area contributed by atoms with Crippen molar-refractivity contribution in [1.29, 1.82) is 0 Å². The average molecular weight is 377 g/mol. The summed E-state index contributed by atoms with van der Waals surface area (Å²) in [6.45, 7) is 1.56. The van der Waals surface area contributed by atoms with Crippen molar-refractivity contribution >= 4 is 17.5 Å². The van der Waals surface area contributed by atoms with E-state index in [0.717, 1.165) is 6.42 Å². The minimum absolute atomic E-state index is 0.0103.